The van der Waals surface area contributed by atoms with Crippen LogP contribution in [0.3, 0.4) is 0 Å². The molecule has 1 N–H and O–H groups in total. The summed E-state index contributed by atoms with van der Waals surface area (Å²) in [7, 11) is 0. The quantitative estimate of drug-likeness (QED) is 0.878. The lowest BCUT2D eigenvalue weighted by molar-refractivity contribution is 0.219. The molecule has 0 amide bonds. The number of benzene rings is 1. The summed E-state index contributed by atoms with van der Waals surface area (Å²) >= 11 is 0. The van der Waals surface area contributed by atoms with Crippen LogP contribution in [0, 0.1) is 11.6 Å². The molecule has 0 saturated heterocycles. The molecule has 1 aromatic rings. The van der Waals surface area contributed by atoms with Gasteiger partial charge in [-0.05, 0) is 37.4 Å². The molecule has 1 aliphatic heterocycles. The maximum atomic E-state index is 13.9. The van der Waals surface area contributed by atoms with Crippen molar-refractivity contribution in [1.29, 1.82) is 0 Å². The minimum absolute atomic E-state index is 0.235. The van der Waals surface area contributed by atoms with Crippen molar-refractivity contribution in [3.63, 3.8) is 0 Å². The molecule has 4 heteroatoms. The van der Waals surface area contributed by atoms with E-state index in [4.69, 9.17) is 4.74 Å². The van der Waals surface area contributed by atoms with E-state index in [2.05, 4.69) is 12.2 Å². The topological polar surface area (TPSA) is 21.3 Å². The van der Waals surface area contributed by atoms with Crippen molar-refractivity contribution in [1.82, 2.24) is 5.32 Å². The van der Waals surface area contributed by atoms with Crippen LogP contribution in [0.5, 0.6) is 0 Å². The third-order valence-electron chi connectivity index (χ3n) is 3.21. The summed E-state index contributed by atoms with van der Waals surface area (Å²) in [6.07, 6.45) is 4.46. The highest BCUT2D eigenvalue weighted by molar-refractivity contribution is 5.30. The van der Waals surface area contributed by atoms with Gasteiger partial charge in [-0.15, -0.1) is 0 Å². The van der Waals surface area contributed by atoms with Crippen LogP contribution in [-0.4, -0.2) is 13.2 Å². The molecule has 0 bridgehead atoms. The molecule has 1 unspecified atom stereocenters. The van der Waals surface area contributed by atoms with Gasteiger partial charge in [0.2, 0.25) is 0 Å². The van der Waals surface area contributed by atoms with E-state index in [1.165, 1.54) is 12.1 Å². The maximum absolute atomic E-state index is 13.9. The summed E-state index contributed by atoms with van der Waals surface area (Å²) in [5.41, 5.74) is 1.50. The Morgan fingerprint density at radius 1 is 1.37 bits per heavy atom. The van der Waals surface area contributed by atoms with Gasteiger partial charge in [0, 0.05) is 11.6 Å². The molecule has 0 aromatic heterocycles. The Morgan fingerprint density at radius 2 is 2.21 bits per heavy atom. The molecule has 1 heterocycles. The number of hydrogen-bond donors (Lipinski definition) is 1. The van der Waals surface area contributed by atoms with E-state index in [1.807, 2.05) is 0 Å². The van der Waals surface area contributed by atoms with Crippen LogP contribution in [0.25, 0.3) is 0 Å². The second kappa shape index (κ2) is 6.66. The zero-order chi connectivity index (χ0) is 13.7. The molecule has 0 radical (unpaired) electrons. The van der Waals surface area contributed by atoms with Crippen molar-refractivity contribution in [2.75, 3.05) is 13.2 Å². The Bertz CT molecular complexity index is 459. The van der Waals surface area contributed by atoms with Crippen LogP contribution in [0.15, 0.2) is 30.0 Å². The molecule has 1 aliphatic rings. The highest BCUT2D eigenvalue weighted by Crippen LogP contribution is 2.29. The Morgan fingerprint density at radius 3 is 2.84 bits per heavy atom. The van der Waals surface area contributed by atoms with Crippen molar-refractivity contribution in [2.45, 2.75) is 32.2 Å². The first-order valence-electron chi connectivity index (χ1n) is 6.71. The normalized spacial score (nSPS) is 16.7. The van der Waals surface area contributed by atoms with Crippen LogP contribution in [0.1, 0.15) is 37.8 Å². The molecule has 2 rings (SSSR count). The van der Waals surface area contributed by atoms with E-state index in [0.717, 1.165) is 37.4 Å². The average Bonchev–Trinajstić information content (AvgIpc) is 2.42. The minimum Gasteiger partial charge on any atom is -0.501 e. The van der Waals surface area contributed by atoms with E-state index in [1.54, 1.807) is 6.26 Å². The summed E-state index contributed by atoms with van der Waals surface area (Å²) in [6.45, 7) is 3.53. The summed E-state index contributed by atoms with van der Waals surface area (Å²) < 4.78 is 32.3. The predicted molar refractivity (Wildman–Crippen MR) is 70.7 cm³/mol. The summed E-state index contributed by atoms with van der Waals surface area (Å²) in [5.74, 6) is -1.07. The van der Waals surface area contributed by atoms with E-state index in [0.29, 0.717) is 12.2 Å². The van der Waals surface area contributed by atoms with Gasteiger partial charge in [-0.25, -0.2) is 8.78 Å². The molecular weight excluding hydrogens is 248 g/mol. The monoisotopic (exact) mass is 267 g/mol. The lowest BCUT2D eigenvalue weighted by atomic mass is 9.94. The molecule has 1 aromatic carbocycles. The van der Waals surface area contributed by atoms with Crippen LogP contribution in [-0.2, 0) is 4.74 Å². The van der Waals surface area contributed by atoms with Crippen molar-refractivity contribution < 1.29 is 13.5 Å². The molecular formula is C15H19F2NO. The van der Waals surface area contributed by atoms with E-state index < -0.39 is 11.6 Å². The highest BCUT2D eigenvalue weighted by atomic mass is 19.1. The summed E-state index contributed by atoms with van der Waals surface area (Å²) in [4.78, 5) is 0. The van der Waals surface area contributed by atoms with Gasteiger partial charge in [0.1, 0.15) is 11.6 Å². The second-order valence-corrected chi connectivity index (χ2v) is 4.72. The Kier molecular flexibility index (Phi) is 4.91. The number of rotatable bonds is 5. The van der Waals surface area contributed by atoms with Gasteiger partial charge in [0.15, 0.2) is 0 Å². The largest absolute Gasteiger partial charge is 0.501 e. The first kappa shape index (κ1) is 14.0. The molecule has 104 valence electrons. The van der Waals surface area contributed by atoms with Crippen LogP contribution < -0.4 is 5.32 Å². The zero-order valence-corrected chi connectivity index (χ0v) is 11.1. The lowest BCUT2D eigenvalue weighted by Gasteiger charge is -2.25. The van der Waals surface area contributed by atoms with Gasteiger partial charge in [-0.3, -0.25) is 0 Å². The van der Waals surface area contributed by atoms with Gasteiger partial charge < -0.3 is 10.1 Å². The Balaban J connectivity index is 2.27. The molecule has 0 aliphatic carbocycles. The fourth-order valence-electron chi connectivity index (χ4n) is 2.26. The van der Waals surface area contributed by atoms with Crippen LogP contribution in [0.4, 0.5) is 8.78 Å². The number of ether oxygens (including phenoxy) is 1. The fourth-order valence-corrected chi connectivity index (χ4v) is 2.26. The molecule has 1 atom stereocenters. The van der Waals surface area contributed by atoms with Gasteiger partial charge in [0.05, 0.1) is 18.9 Å². The fraction of sp³-hybridized carbons (Fsp3) is 0.467. The van der Waals surface area contributed by atoms with E-state index >= 15 is 0 Å². The molecule has 2 nitrogen and oxygen atoms in total. The molecule has 0 fully saturated rings. The Hall–Kier alpha value is -1.42. The third-order valence-corrected chi connectivity index (χ3v) is 3.21. The van der Waals surface area contributed by atoms with Gasteiger partial charge in [-0.1, -0.05) is 13.0 Å². The number of halogens is 2. The smallest absolute Gasteiger partial charge is 0.131 e. The first-order valence-corrected chi connectivity index (χ1v) is 6.71. The lowest BCUT2D eigenvalue weighted by Crippen LogP contribution is -2.26. The summed E-state index contributed by atoms with van der Waals surface area (Å²) in [5, 5.41) is 3.30. The SMILES string of the molecule is CCCNC(C1=COCCC1)c1ccc(F)cc1F. The van der Waals surface area contributed by atoms with Crippen LogP contribution in [0.2, 0.25) is 0 Å². The Labute approximate surface area is 112 Å². The van der Waals surface area contributed by atoms with Crippen LogP contribution >= 0.6 is 0 Å². The predicted octanol–water partition coefficient (Wildman–Crippen LogP) is 3.70. The van der Waals surface area contributed by atoms with Crippen molar-refractivity contribution in [3.05, 3.63) is 47.2 Å². The first-order chi connectivity index (χ1) is 9.22. The standard InChI is InChI=1S/C15H19F2NO/c1-2-7-18-15(11-4-3-8-19-10-11)13-6-5-12(16)9-14(13)17/h5-6,9-10,15,18H,2-4,7-8H2,1H3. The van der Waals surface area contributed by atoms with Gasteiger partial charge in [0.25, 0.3) is 0 Å². The highest BCUT2D eigenvalue weighted by Gasteiger charge is 2.21. The molecule has 0 saturated carbocycles. The minimum atomic E-state index is -0.552. The average molecular weight is 267 g/mol. The zero-order valence-electron chi connectivity index (χ0n) is 11.1. The number of nitrogens with one attached hydrogen (secondary N) is 1. The number of hydrogen-bond acceptors (Lipinski definition) is 2. The molecule has 19 heavy (non-hydrogen) atoms. The maximum Gasteiger partial charge on any atom is 0.131 e. The second-order valence-electron chi connectivity index (χ2n) is 4.72. The summed E-state index contributed by atoms with van der Waals surface area (Å²) in [6, 6.07) is 3.50. The van der Waals surface area contributed by atoms with Gasteiger partial charge >= 0.3 is 0 Å². The molecule has 0 spiro atoms. The van der Waals surface area contributed by atoms with E-state index in [-0.39, 0.29) is 6.04 Å². The van der Waals surface area contributed by atoms with E-state index in [9.17, 15) is 8.78 Å². The third kappa shape index (κ3) is 3.53. The van der Waals surface area contributed by atoms with Crippen molar-refractivity contribution in [2.24, 2.45) is 0 Å². The van der Waals surface area contributed by atoms with Gasteiger partial charge in [-0.2, -0.15) is 0 Å². The van der Waals surface area contributed by atoms with Crippen molar-refractivity contribution in [3.8, 4) is 0 Å². The van der Waals surface area contributed by atoms with Crippen molar-refractivity contribution >= 4 is 0 Å².